The summed E-state index contributed by atoms with van der Waals surface area (Å²) in [7, 11) is 3.06. The first-order valence-electron chi connectivity index (χ1n) is 7.91. The van der Waals surface area contributed by atoms with Gasteiger partial charge in [-0.3, -0.25) is 4.79 Å². The molecule has 0 spiro atoms. The van der Waals surface area contributed by atoms with Gasteiger partial charge in [0.15, 0.2) is 0 Å². The minimum absolute atomic E-state index is 0.225. The monoisotopic (exact) mass is 334 g/mol. The summed E-state index contributed by atoms with van der Waals surface area (Å²) in [4.78, 5) is 24.4. The van der Waals surface area contributed by atoms with Crippen LogP contribution in [0.15, 0.2) is 18.2 Å². The molecule has 0 bridgehead atoms. The Balaban J connectivity index is 2.27. The van der Waals surface area contributed by atoms with Crippen molar-refractivity contribution in [2.45, 2.75) is 33.6 Å². The van der Waals surface area contributed by atoms with Crippen LogP contribution in [-0.4, -0.2) is 26.1 Å². The van der Waals surface area contributed by atoms with Gasteiger partial charge in [0.25, 0.3) is 0 Å². The summed E-state index contributed by atoms with van der Waals surface area (Å²) in [6, 6.07) is 5.12. The van der Waals surface area contributed by atoms with E-state index < -0.39 is 22.7 Å². The maximum atomic E-state index is 12.8. The molecule has 0 radical (unpaired) electrons. The van der Waals surface area contributed by atoms with Crippen molar-refractivity contribution in [3.8, 4) is 11.5 Å². The van der Waals surface area contributed by atoms with Crippen LogP contribution in [0.4, 0.5) is 5.69 Å². The highest BCUT2D eigenvalue weighted by atomic mass is 16.5. The molecule has 1 aromatic carbocycles. The fraction of sp³-hybridized carbons (Fsp3) is 0.556. The lowest BCUT2D eigenvalue weighted by molar-refractivity contribution is -0.323. The third kappa shape index (κ3) is 2.81. The topological polar surface area (TPSA) is 87.7 Å². The summed E-state index contributed by atoms with van der Waals surface area (Å²) in [5.74, 6) is -0.659. The highest BCUT2D eigenvalue weighted by Crippen LogP contribution is 2.56. The number of ether oxygens (including phenoxy) is 2. The lowest BCUT2D eigenvalue weighted by Gasteiger charge is -2.41. The van der Waals surface area contributed by atoms with Gasteiger partial charge < -0.3 is 24.7 Å². The Labute approximate surface area is 142 Å². The summed E-state index contributed by atoms with van der Waals surface area (Å²) in [6.07, 6.45) is 0.908. The van der Waals surface area contributed by atoms with E-state index in [1.807, 2.05) is 13.8 Å². The van der Waals surface area contributed by atoms with E-state index in [4.69, 9.17) is 9.47 Å². The Morgan fingerprint density at radius 2 is 1.88 bits per heavy atom. The zero-order valence-electron chi connectivity index (χ0n) is 14.8. The first kappa shape index (κ1) is 18.1. The molecule has 132 valence electrons. The van der Waals surface area contributed by atoms with Crippen LogP contribution in [0.25, 0.3) is 0 Å². The molecular weight excluding hydrogens is 310 g/mol. The van der Waals surface area contributed by atoms with Gasteiger partial charge in [0.2, 0.25) is 5.91 Å². The lowest BCUT2D eigenvalue weighted by atomic mass is 9.65. The third-order valence-corrected chi connectivity index (χ3v) is 5.66. The van der Waals surface area contributed by atoms with Gasteiger partial charge >= 0.3 is 0 Å². The molecule has 1 amide bonds. The molecule has 2 atom stereocenters. The quantitative estimate of drug-likeness (QED) is 0.887. The van der Waals surface area contributed by atoms with Crippen molar-refractivity contribution in [3.63, 3.8) is 0 Å². The van der Waals surface area contributed by atoms with Crippen LogP contribution in [0.2, 0.25) is 0 Å². The Morgan fingerprint density at radius 1 is 1.21 bits per heavy atom. The summed E-state index contributed by atoms with van der Waals surface area (Å²) in [5, 5.41) is 14.4. The standard InChI is InChI=1S/C18H25NO5/c1-17(2)12(8-9-18(17,3)16(21)22)15(20)19-13-10-11(23-4)6-7-14(13)24-5/h6-7,10,12H,8-9H2,1-5H3,(H,19,20)(H,21,22)/p-1/t12-,18+/m0/s1. The smallest absolute Gasteiger partial charge is 0.228 e. The molecule has 0 aromatic heterocycles. The fourth-order valence-electron chi connectivity index (χ4n) is 3.46. The molecule has 1 aliphatic carbocycles. The largest absolute Gasteiger partial charge is 0.550 e. The van der Waals surface area contributed by atoms with Crippen molar-refractivity contribution < 1.29 is 24.2 Å². The van der Waals surface area contributed by atoms with Gasteiger partial charge in [0.1, 0.15) is 11.5 Å². The maximum absolute atomic E-state index is 12.8. The fourth-order valence-corrected chi connectivity index (χ4v) is 3.46. The predicted molar refractivity (Wildman–Crippen MR) is 87.8 cm³/mol. The number of methoxy groups -OCH3 is 2. The first-order valence-corrected chi connectivity index (χ1v) is 7.91. The van der Waals surface area contributed by atoms with E-state index in [0.29, 0.717) is 30.0 Å². The van der Waals surface area contributed by atoms with Crippen LogP contribution in [0.1, 0.15) is 33.6 Å². The number of carbonyl (C=O) groups is 2. The van der Waals surface area contributed by atoms with E-state index in [-0.39, 0.29) is 5.91 Å². The van der Waals surface area contributed by atoms with Gasteiger partial charge in [-0.2, -0.15) is 0 Å². The molecule has 1 saturated carbocycles. The Hall–Kier alpha value is -2.24. The van der Waals surface area contributed by atoms with Crippen molar-refractivity contribution in [2.75, 3.05) is 19.5 Å². The molecule has 2 rings (SSSR count). The van der Waals surface area contributed by atoms with Gasteiger partial charge in [0, 0.05) is 23.4 Å². The number of aliphatic carboxylic acids is 1. The highest BCUT2D eigenvalue weighted by molar-refractivity contribution is 5.95. The van der Waals surface area contributed by atoms with Gasteiger partial charge in [-0.15, -0.1) is 0 Å². The van der Waals surface area contributed by atoms with Crippen molar-refractivity contribution in [1.82, 2.24) is 0 Å². The SMILES string of the molecule is COc1ccc(OC)c(NC(=O)[C@@H]2CC[C@](C)(C(=O)[O-])C2(C)C)c1. The number of anilines is 1. The van der Waals surface area contributed by atoms with Gasteiger partial charge in [-0.25, -0.2) is 0 Å². The first-order chi connectivity index (χ1) is 11.2. The molecule has 6 nitrogen and oxygen atoms in total. The maximum Gasteiger partial charge on any atom is 0.228 e. The molecule has 1 aliphatic rings. The molecule has 1 aromatic rings. The molecule has 1 N–H and O–H groups in total. The van der Waals surface area contributed by atoms with Crippen LogP contribution in [-0.2, 0) is 9.59 Å². The van der Waals surface area contributed by atoms with Crippen molar-refractivity contribution in [3.05, 3.63) is 18.2 Å². The van der Waals surface area contributed by atoms with Crippen LogP contribution in [0.3, 0.4) is 0 Å². The highest BCUT2D eigenvalue weighted by Gasteiger charge is 2.54. The third-order valence-electron chi connectivity index (χ3n) is 5.66. The summed E-state index contributed by atoms with van der Waals surface area (Å²) in [5.41, 5.74) is -1.25. The second-order valence-electron chi connectivity index (χ2n) is 6.99. The van der Waals surface area contributed by atoms with E-state index in [1.165, 1.54) is 7.11 Å². The number of amides is 1. The number of nitrogens with one attached hydrogen (secondary N) is 1. The number of hydrogen-bond donors (Lipinski definition) is 1. The van der Waals surface area contributed by atoms with Crippen molar-refractivity contribution in [1.29, 1.82) is 0 Å². The number of carbonyl (C=O) groups excluding carboxylic acids is 2. The van der Waals surface area contributed by atoms with Crippen LogP contribution in [0, 0.1) is 16.7 Å². The molecule has 1 fully saturated rings. The number of carboxylic acid groups (broad SMARTS) is 1. The lowest BCUT2D eigenvalue weighted by Crippen LogP contribution is -2.49. The number of hydrogen-bond acceptors (Lipinski definition) is 5. The average Bonchev–Trinajstić information content (AvgIpc) is 2.78. The Kier molecular flexibility index (Phi) is 4.78. The molecule has 6 heteroatoms. The molecule has 0 heterocycles. The predicted octanol–water partition coefficient (Wildman–Crippen LogP) is 1.83. The Bertz CT molecular complexity index is 655. The molecule has 24 heavy (non-hydrogen) atoms. The van der Waals surface area contributed by atoms with Crippen LogP contribution < -0.4 is 19.9 Å². The van der Waals surface area contributed by atoms with Crippen LogP contribution >= 0.6 is 0 Å². The number of benzene rings is 1. The zero-order valence-corrected chi connectivity index (χ0v) is 14.8. The van der Waals surface area contributed by atoms with Crippen molar-refractivity contribution in [2.24, 2.45) is 16.7 Å². The van der Waals surface area contributed by atoms with Gasteiger partial charge in [0.05, 0.1) is 19.9 Å². The van der Waals surface area contributed by atoms with E-state index in [2.05, 4.69) is 5.32 Å². The molecule has 0 unspecified atom stereocenters. The summed E-state index contributed by atoms with van der Waals surface area (Å²) < 4.78 is 10.4. The summed E-state index contributed by atoms with van der Waals surface area (Å²) >= 11 is 0. The molecular formula is C18H24NO5-. The minimum Gasteiger partial charge on any atom is -0.550 e. The summed E-state index contributed by atoms with van der Waals surface area (Å²) in [6.45, 7) is 5.27. The van der Waals surface area contributed by atoms with Crippen LogP contribution in [0.5, 0.6) is 11.5 Å². The average molecular weight is 334 g/mol. The normalized spacial score (nSPS) is 25.1. The second kappa shape index (κ2) is 6.34. The van der Waals surface area contributed by atoms with E-state index in [1.54, 1.807) is 32.2 Å². The van der Waals surface area contributed by atoms with Gasteiger partial charge in [-0.05, 0) is 30.4 Å². The molecule has 0 aliphatic heterocycles. The van der Waals surface area contributed by atoms with E-state index in [0.717, 1.165) is 0 Å². The number of rotatable bonds is 5. The zero-order chi connectivity index (χ0) is 18.1. The van der Waals surface area contributed by atoms with Crippen molar-refractivity contribution >= 4 is 17.6 Å². The van der Waals surface area contributed by atoms with E-state index >= 15 is 0 Å². The van der Waals surface area contributed by atoms with E-state index in [9.17, 15) is 14.7 Å². The Morgan fingerprint density at radius 3 is 2.38 bits per heavy atom. The minimum atomic E-state index is -1.11. The number of carboxylic acids is 1. The molecule has 0 saturated heterocycles. The van der Waals surface area contributed by atoms with Gasteiger partial charge in [-0.1, -0.05) is 20.8 Å². The second-order valence-corrected chi connectivity index (χ2v) is 6.99.